The first kappa shape index (κ1) is 16.2. The third kappa shape index (κ3) is 4.70. The molecule has 22 heavy (non-hydrogen) atoms. The van der Waals surface area contributed by atoms with Crippen LogP contribution < -0.4 is 10.2 Å². The largest absolute Gasteiger partial charge is 0.450 e. The van der Waals surface area contributed by atoms with Crippen LogP contribution in [0.4, 0.5) is 14.9 Å². The average molecular weight is 310 g/mol. The van der Waals surface area contributed by atoms with E-state index in [0.29, 0.717) is 45.0 Å². The molecule has 0 aliphatic carbocycles. The van der Waals surface area contributed by atoms with Crippen molar-refractivity contribution in [2.75, 3.05) is 44.6 Å². The van der Waals surface area contributed by atoms with Crippen LogP contribution in [0.5, 0.6) is 0 Å². The summed E-state index contributed by atoms with van der Waals surface area (Å²) >= 11 is 0. The van der Waals surface area contributed by atoms with Crippen molar-refractivity contribution in [3.63, 3.8) is 0 Å². The van der Waals surface area contributed by atoms with E-state index in [9.17, 15) is 14.0 Å². The number of piperazine rings is 1. The van der Waals surface area contributed by atoms with Crippen LogP contribution >= 0.6 is 0 Å². The highest BCUT2D eigenvalue weighted by Gasteiger charge is 2.25. The van der Waals surface area contributed by atoms with Crippen molar-refractivity contribution >= 4 is 17.7 Å². The average Bonchev–Trinajstić information content (AvgIpc) is 2.50. The number of ether oxygens (including phenoxy) is 1. The van der Waals surface area contributed by atoms with Gasteiger partial charge in [0.05, 0.1) is 32.8 Å². The lowest BCUT2D eigenvalue weighted by Crippen LogP contribution is -3.15. The third-order valence-corrected chi connectivity index (χ3v) is 3.54. The molecule has 2 N–H and O–H groups in total. The summed E-state index contributed by atoms with van der Waals surface area (Å²) in [4.78, 5) is 26.3. The van der Waals surface area contributed by atoms with Crippen molar-refractivity contribution < 1.29 is 23.6 Å². The topological polar surface area (TPSA) is 63.1 Å². The maximum absolute atomic E-state index is 12.8. The quantitative estimate of drug-likeness (QED) is 0.830. The summed E-state index contributed by atoms with van der Waals surface area (Å²) in [6, 6.07) is 5.67. The Kier molecular flexibility index (Phi) is 5.71. The van der Waals surface area contributed by atoms with Gasteiger partial charge < -0.3 is 15.0 Å². The Morgan fingerprint density at radius 1 is 1.27 bits per heavy atom. The van der Waals surface area contributed by atoms with E-state index in [-0.39, 0.29) is 17.8 Å². The number of hydrogen-bond donors (Lipinski definition) is 2. The second-order valence-corrected chi connectivity index (χ2v) is 5.17. The minimum absolute atomic E-state index is 0.119. The minimum Gasteiger partial charge on any atom is -0.450 e. The number of hydrogen-bond acceptors (Lipinski definition) is 3. The van der Waals surface area contributed by atoms with Crippen molar-refractivity contribution in [3.8, 4) is 0 Å². The van der Waals surface area contributed by atoms with Crippen LogP contribution in [0.25, 0.3) is 0 Å². The maximum Gasteiger partial charge on any atom is 0.410 e. The molecule has 1 aromatic rings. The van der Waals surface area contributed by atoms with Crippen molar-refractivity contribution in [1.29, 1.82) is 0 Å². The van der Waals surface area contributed by atoms with Gasteiger partial charge in [0.25, 0.3) is 5.91 Å². The summed E-state index contributed by atoms with van der Waals surface area (Å²) in [6.07, 6.45) is -0.294. The molecular formula is C15H21FN3O3+. The van der Waals surface area contributed by atoms with E-state index in [1.807, 2.05) is 0 Å². The molecule has 120 valence electrons. The van der Waals surface area contributed by atoms with E-state index >= 15 is 0 Å². The standard InChI is InChI=1S/C15H20FN3O3/c1-2-22-15(21)19-9-7-18(8-10-19)11-14(20)17-13-5-3-12(16)4-6-13/h3-6H,2,7-11H2,1H3,(H,17,20)/p+1. The first-order valence-corrected chi connectivity index (χ1v) is 7.39. The fourth-order valence-corrected chi connectivity index (χ4v) is 2.36. The van der Waals surface area contributed by atoms with Crippen LogP contribution in [-0.4, -0.2) is 56.2 Å². The Labute approximate surface area is 128 Å². The van der Waals surface area contributed by atoms with Crippen molar-refractivity contribution in [2.24, 2.45) is 0 Å². The van der Waals surface area contributed by atoms with Crippen LogP contribution in [0, 0.1) is 5.82 Å². The van der Waals surface area contributed by atoms with Crippen molar-refractivity contribution in [3.05, 3.63) is 30.1 Å². The number of rotatable bonds is 4. The van der Waals surface area contributed by atoms with Gasteiger partial charge in [-0.05, 0) is 31.2 Å². The van der Waals surface area contributed by atoms with Crippen LogP contribution in [-0.2, 0) is 9.53 Å². The molecule has 2 rings (SSSR count). The molecule has 1 fully saturated rings. The molecular weight excluding hydrogens is 289 g/mol. The van der Waals surface area contributed by atoms with Gasteiger partial charge in [0.15, 0.2) is 6.54 Å². The smallest absolute Gasteiger partial charge is 0.410 e. The lowest BCUT2D eigenvalue weighted by molar-refractivity contribution is -0.895. The molecule has 1 saturated heterocycles. The summed E-state index contributed by atoms with van der Waals surface area (Å²) in [5.74, 6) is -0.454. The number of anilines is 1. The summed E-state index contributed by atoms with van der Waals surface area (Å²) < 4.78 is 17.7. The molecule has 2 amide bonds. The van der Waals surface area contributed by atoms with Gasteiger partial charge >= 0.3 is 6.09 Å². The van der Waals surface area contributed by atoms with E-state index in [4.69, 9.17) is 4.74 Å². The van der Waals surface area contributed by atoms with Crippen molar-refractivity contribution in [2.45, 2.75) is 6.92 Å². The van der Waals surface area contributed by atoms with Crippen molar-refractivity contribution in [1.82, 2.24) is 4.90 Å². The Morgan fingerprint density at radius 2 is 1.91 bits per heavy atom. The highest BCUT2D eigenvalue weighted by Crippen LogP contribution is 2.07. The molecule has 0 radical (unpaired) electrons. The molecule has 1 aromatic carbocycles. The number of halogens is 1. The number of carbonyl (C=O) groups is 2. The third-order valence-electron chi connectivity index (χ3n) is 3.54. The molecule has 0 aromatic heterocycles. The monoisotopic (exact) mass is 310 g/mol. The molecule has 1 aliphatic rings. The molecule has 0 unspecified atom stereocenters. The minimum atomic E-state index is -0.335. The molecule has 0 bridgehead atoms. The zero-order valence-electron chi connectivity index (χ0n) is 12.6. The highest BCUT2D eigenvalue weighted by atomic mass is 19.1. The fourth-order valence-electron chi connectivity index (χ4n) is 2.36. The van der Waals surface area contributed by atoms with E-state index in [2.05, 4.69) is 5.32 Å². The zero-order chi connectivity index (χ0) is 15.9. The summed E-state index contributed by atoms with van der Waals surface area (Å²) in [5, 5.41) is 2.74. The van der Waals surface area contributed by atoms with Gasteiger partial charge in [-0.2, -0.15) is 0 Å². The van der Waals surface area contributed by atoms with Gasteiger partial charge in [-0.1, -0.05) is 0 Å². The zero-order valence-corrected chi connectivity index (χ0v) is 12.6. The molecule has 1 aliphatic heterocycles. The maximum atomic E-state index is 12.8. The lowest BCUT2D eigenvalue weighted by Gasteiger charge is -2.31. The van der Waals surface area contributed by atoms with Gasteiger partial charge in [0, 0.05) is 5.69 Å². The molecule has 0 spiro atoms. The predicted molar refractivity (Wildman–Crippen MR) is 79.2 cm³/mol. The molecule has 0 saturated carbocycles. The lowest BCUT2D eigenvalue weighted by atomic mass is 10.3. The molecule has 6 nitrogen and oxygen atoms in total. The highest BCUT2D eigenvalue weighted by molar-refractivity contribution is 5.91. The van der Waals surface area contributed by atoms with E-state index in [1.54, 1.807) is 11.8 Å². The van der Waals surface area contributed by atoms with Gasteiger partial charge in [-0.3, -0.25) is 9.69 Å². The number of amides is 2. The number of carbonyl (C=O) groups excluding carboxylic acids is 2. The van der Waals surface area contributed by atoms with Gasteiger partial charge in [-0.25, -0.2) is 9.18 Å². The molecule has 1 heterocycles. The fraction of sp³-hybridized carbons (Fsp3) is 0.467. The number of nitrogens with one attached hydrogen (secondary N) is 2. The Bertz CT molecular complexity index is 513. The summed E-state index contributed by atoms with van der Waals surface area (Å²) in [5.41, 5.74) is 0.580. The van der Waals surface area contributed by atoms with E-state index in [1.165, 1.54) is 24.3 Å². The second kappa shape index (κ2) is 7.74. The summed E-state index contributed by atoms with van der Waals surface area (Å²) in [7, 11) is 0. The first-order valence-electron chi connectivity index (χ1n) is 7.39. The van der Waals surface area contributed by atoms with Crippen LogP contribution in [0.3, 0.4) is 0 Å². The number of benzene rings is 1. The summed E-state index contributed by atoms with van der Waals surface area (Å²) in [6.45, 7) is 5.04. The Hall–Kier alpha value is -2.15. The van der Waals surface area contributed by atoms with E-state index in [0.717, 1.165) is 4.90 Å². The normalized spacial score (nSPS) is 15.5. The van der Waals surface area contributed by atoms with Gasteiger partial charge in [0.2, 0.25) is 0 Å². The van der Waals surface area contributed by atoms with Gasteiger partial charge in [-0.15, -0.1) is 0 Å². The predicted octanol–water partition coefficient (Wildman–Crippen LogP) is 0.121. The Balaban J connectivity index is 1.74. The number of nitrogens with zero attached hydrogens (tertiary/aromatic N) is 1. The molecule has 0 atom stereocenters. The number of quaternary nitrogens is 1. The second-order valence-electron chi connectivity index (χ2n) is 5.17. The van der Waals surface area contributed by atoms with Crippen LogP contribution in [0.15, 0.2) is 24.3 Å². The van der Waals surface area contributed by atoms with Crippen LogP contribution in [0.1, 0.15) is 6.92 Å². The van der Waals surface area contributed by atoms with Crippen LogP contribution in [0.2, 0.25) is 0 Å². The van der Waals surface area contributed by atoms with E-state index < -0.39 is 0 Å². The first-order chi connectivity index (χ1) is 10.6. The van der Waals surface area contributed by atoms with Gasteiger partial charge in [0.1, 0.15) is 5.82 Å². The SMILES string of the molecule is CCOC(=O)N1CC[NH+](CC(=O)Nc2ccc(F)cc2)CC1. The Morgan fingerprint density at radius 3 is 2.50 bits per heavy atom. The molecule has 7 heteroatoms.